The highest BCUT2D eigenvalue weighted by Gasteiger charge is 2.26. The minimum atomic E-state index is -0.178. The first-order chi connectivity index (χ1) is 8.28. The van der Waals surface area contributed by atoms with Crippen molar-refractivity contribution in [1.82, 2.24) is 9.80 Å². The van der Waals surface area contributed by atoms with Crippen LogP contribution in [0.4, 0.5) is 0 Å². The molecular formula is C14H26N2O. The lowest BCUT2D eigenvalue weighted by atomic mass is 10.1. The van der Waals surface area contributed by atoms with Gasteiger partial charge in [-0.05, 0) is 31.6 Å². The first-order valence-corrected chi connectivity index (χ1v) is 7.01. The maximum Gasteiger partial charge on any atom is 0.0670 e. The van der Waals surface area contributed by atoms with Crippen LogP contribution in [0.25, 0.3) is 0 Å². The highest BCUT2D eigenvalue weighted by atomic mass is 16.3. The largest absolute Gasteiger partial charge is 0.392 e. The minimum absolute atomic E-state index is 0.178. The van der Waals surface area contributed by atoms with Crippen molar-refractivity contribution in [2.24, 2.45) is 5.92 Å². The fourth-order valence-corrected chi connectivity index (χ4v) is 2.52. The van der Waals surface area contributed by atoms with E-state index in [1.54, 1.807) is 0 Å². The van der Waals surface area contributed by atoms with E-state index in [0.29, 0.717) is 0 Å². The van der Waals surface area contributed by atoms with E-state index < -0.39 is 0 Å². The molecule has 1 heterocycles. The quantitative estimate of drug-likeness (QED) is 0.678. The van der Waals surface area contributed by atoms with Crippen LogP contribution in [0.2, 0.25) is 0 Å². The molecule has 0 spiro atoms. The summed E-state index contributed by atoms with van der Waals surface area (Å²) >= 11 is 0. The van der Waals surface area contributed by atoms with Crippen LogP contribution < -0.4 is 0 Å². The predicted octanol–water partition coefficient (Wildman–Crippen LogP) is 1.34. The Labute approximate surface area is 105 Å². The van der Waals surface area contributed by atoms with Gasteiger partial charge in [0.2, 0.25) is 0 Å². The minimum Gasteiger partial charge on any atom is -0.392 e. The molecule has 1 aliphatic heterocycles. The third kappa shape index (κ3) is 4.78. The number of aliphatic hydroxyl groups is 1. The lowest BCUT2D eigenvalue weighted by Crippen LogP contribution is -2.48. The summed E-state index contributed by atoms with van der Waals surface area (Å²) in [5.74, 6) is 1.000. The molecule has 0 bridgehead atoms. The number of piperazine rings is 1. The zero-order valence-electron chi connectivity index (χ0n) is 10.9. The first-order valence-electron chi connectivity index (χ1n) is 7.01. The van der Waals surface area contributed by atoms with E-state index in [0.717, 1.165) is 38.4 Å². The molecule has 1 atom stereocenters. The van der Waals surface area contributed by atoms with Crippen molar-refractivity contribution in [2.45, 2.75) is 31.8 Å². The zero-order valence-corrected chi connectivity index (χ0v) is 10.9. The molecule has 0 aromatic heterocycles. The lowest BCUT2D eigenvalue weighted by molar-refractivity contribution is 0.0678. The Morgan fingerprint density at radius 2 is 1.82 bits per heavy atom. The summed E-state index contributed by atoms with van der Waals surface area (Å²) in [4.78, 5) is 4.99. The Kier molecular flexibility index (Phi) is 5.01. The zero-order chi connectivity index (χ0) is 12.1. The number of nitrogens with zero attached hydrogens (tertiary/aromatic N) is 2. The number of β-amino-alcohol motifs (C(OH)–C–C–N with tert-alkyl or cyclic N) is 1. The maximum absolute atomic E-state index is 9.85. The summed E-state index contributed by atoms with van der Waals surface area (Å²) < 4.78 is 0. The van der Waals surface area contributed by atoms with Crippen LogP contribution in [0.1, 0.15) is 25.7 Å². The molecule has 2 aliphatic rings. The van der Waals surface area contributed by atoms with Crippen molar-refractivity contribution in [2.75, 3.05) is 39.3 Å². The molecule has 2 rings (SSSR count). The predicted molar refractivity (Wildman–Crippen MR) is 71.0 cm³/mol. The van der Waals surface area contributed by atoms with Gasteiger partial charge in [-0.15, -0.1) is 6.58 Å². The van der Waals surface area contributed by atoms with Gasteiger partial charge in [0.15, 0.2) is 0 Å². The van der Waals surface area contributed by atoms with Crippen molar-refractivity contribution >= 4 is 0 Å². The van der Waals surface area contributed by atoms with Crippen molar-refractivity contribution < 1.29 is 5.11 Å². The van der Waals surface area contributed by atoms with E-state index in [2.05, 4.69) is 16.4 Å². The van der Waals surface area contributed by atoms with Crippen molar-refractivity contribution in [1.29, 1.82) is 0 Å². The second-order valence-electron chi connectivity index (χ2n) is 5.56. The highest BCUT2D eigenvalue weighted by molar-refractivity contribution is 4.81. The number of hydrogen-bond acceptors (Lipinski definition) is 3. The number of aliphatic hydroxyl groups excluding tert-OH is 1. The van der Waals surface area contributed by atoms with Crippen LogP contribution in [0.3, 0.4) is 0 Å². The van der Waals surface area contributed by atoms with Gasteiger partial charge in [-0.2, -0.15) is 0 Å². The maximum atomic E-state index is 9.85. The van der Waals surface area contributed by atoms with Crippen molar-refractivity contribution in [3.05, 3.63) is 12.7 Å². The standard InChI is InChI=1S/C14H26N2O/c1-2-3-4-14(17)12-16-9-7-15(8-10-16)11-13-5-6-13/h2,13-14,17H,1,3-12H2. The monoisotopic (exact) mass is 238 g/mol. The van der Waals surface area contributed by atoms with E-state index >= 15 is 0 Å². The van der Waals surface area contributed by atoms with Crippen LogP contribution >= 0.6 is 0 Å². The van der Waals surface area contributed by atoms with Gasteiger partial charge in [0.25, 0.3) is 0 Å². The Hall–Kier alpha value is -0.380. The van der Waals surface area contributed by atoms with Gasteiger partial charge in [0.1, 0.15) is 0 Å². The van der Waals surface area contributed by atoms with Gasteiger partial charge < -0.3 is 10.0 Å². The molecule has 17 heavy (non-hydrogen) atoms. The Morgan fingerprint density at radius 3 is 2.41 bits per heavy atom. The third-order valence-electron chi connectivity index (χ3n) is 3.85. The molecule has 1 saturated carbocycles. The molecule has 98 valence electrons. The van der Waals surface area contributed by atoms with E-state index in [4.69, 9.17) is 0 Å². The normalized spacial score (nSPS) is 24.8. The number of allylic oxidation sites excluding steroid dienone is 1. The highest BCUT2D eigenvalue weighted by Crippen LogP contribution is 2.29. The fraction of sp³-hybridized carbons (Fsp3) is 0.857. The van der Waals surface area contributed by atoms with Crippen LogP contribution in [0, 0.1) is 5.92 Å². The average molecular weight is 238 g/mol. The van der Waals surface area contributed by atoms with E-state index in [-0.39, 0.29) is 6.10 Å². The third-order valence-corrected chi connectivity index (χ3v) is 3.85. The topological polar surface area (TPSA) is 26.7 Å². The summed E-state index contributed by atoms with van der Waals surface area (Å²) in [5, 5.41) is 9.85. The summed E-state index contributed by atoms with van der Waals surface area (Å²) in [6.45, 7) is 10.5. The Morgan fingerprint density at radius 1 is 1.18 bits per heavy atom. The molecule has 1 saturated heterocycles. The van der Waals surface area contributed by atoms with Crippen LogP contribution in [-0.4, -0.2) is 60.3 Å². The van der Waals surface area contributed by atoms with Gasteiger partial charge in [-0.25, -0.2) is 0 Å². The van der Waals surface area contributed by atoms with E-state index in [9.17, 15) is 5.11 Å². The second-order valence-corrected chi connectivity index (χ2v) is 5.56. The molecule has 2 fully saturated rings. The summed E-state index contributed by atoms with van der Waals surface area (Å²) in [6, 6.07) is 0. The van der Waals surface area contributed by atoms with Crippen LogP contribution in [-0.2, 0) is 0 Å². The van der Waals surface area contributed by atoms with Gasteiger partial charge in [-0.1, -0.05) is 6.08 Å². The Balaban J connectivity index is 1.58. The summed E-state index contributed by atoms with van der Waals surface area (Å²) in [6.07, 6.45) is 6.37. The van der Waals surface area contributed by atoms with Gasteiger partial charge in [0, 0.05) is 39.3 Å². The van der Waals surface area contributed by atoms with E-state index in [1.807, 2.05) is 6.08 Å². The molecule has 1 aliphatic carbocycles. The van der Waals surface area contributed by atoms with E-state index in [1.165, 1.54) is 32.5 Å². The first kappa shape index (κ1) is 13.1. The lowest BCUT2D eigenvalue weighted by Gasteiger charge is -2.35. The SMILES string of the molecule is C=CCCC(O)CN1CCN(CC2CC2)CC1. The van der Waals surface area contributed by atoms with Crippen molar-refractivity contribution in [3.63, 3.8) is 0 Å². The summed E-state index contributed by atoms with van der Waals surface area (Å²) in [7, 11) is 0. The van der Waals surface area contributed by atoms with Gasteiger partial charge >= 0.3 is 0 Å². The number of hydrogen-bond donors (Lipinski definition) is 1. The molecule has 0 aromatic carbocycles. The average Bonchev–Trinajstić information content (AvgIpc) is 3.13. The molecule has 0 amide bonds. The Bertz CT molecular complexity index is 232. The van der Waals surface area contributed by atoms with Crippen LogP contribution in [0.5, 0.6) is 0 Å². The molecule has 0 radical (unpaired) electrons. The van der Waals surface area contributed by atoms with Gasteiger partial charge in [-0.3, -0.25) is 4.90 Å². The second kappa shape index (κ2) is 6.53. The van der Waals surface area contributed by atoms with Gasteiger partial charge in [0.05, 0.1) is 6.10 Å². The van der Waals surface area contributed by atoms with Crippen LogP contribution in [0.15, 0.2) is 12.7 Å². The molecule has 0 aromatic rings. The molecule has 1 unspecified atom stereocenters. The molecular weight excluding hydrogens is 212 g/mol. The molecule has 3 heteroatoms. The smallest absolute Gasteiger partial charge is 0.0670 e. The molecule has 1 N–H and O–H groups in total. The number of rotatable bonds is 7. The fourth-order valence-electron chi connectivity index (χ4n) is 2.52. The van der Waals surface area contributed by atoms with Crippen molar-refractivity contribution in [3.8, 4) is 0 Å². The molecule has 3 nitrogen and oxygen atoms in total. The summed E-state index contributed by atoms with van der Waals surface area (Å²) in [5.41, 5.74) is 0.